The Morgan fingerprint density at radius 1 is 1.32 bits per heavy atom. The summed E-state index contributed by atoms with van der Waals surface area (Å²) in [7, 11) is 1.81. The van der Waals surface area contributed by atoms with Gasteiger partial charge in [0.2, 0.25) is 0 Å². The van der Waals surface area contributed by atoms with E-state index >= 15 is 0 Å². The first-order chi connectivity index (χ1) is 9.16. The number of nitrogens with one attached hydrogen (secondary N) is 1. The lowest BCUT2D eigenvalue weighted by atomic mass is 10.1. The van der Waals surface area contributed by atoms with Crippen molar-refractivity contribution >= 4 is 11.6 Å². The van der Waals surface area contributed by atoms with Gasteiger partial charge in [0, 0.05) is 19.8 Å². The van der Waals surface area contributed by atoms with Gasteiger partial charge in [-0.15, -0.1) is 0 Å². The third-order valence-corrected chi connectivity index (χ3v) is 3.03. The van der Waals surface area contributed by atoms with Crippen LogP contribution in [-0.4, -0.2) is 17.0 Å². The molecule has 0 aliphatic heterocycles. The number of amides is 1. The number of nitrogen functional groups attached to an aromatic ring is 1. The number of nitrogens with two attached hydrogens (primary N) is 1. The van der Waals surface area contributed by atoms with E-state index in [2.05, 4.69) is 17.4 Å². The van der Waals surface area contributed by atoms with Crippen molar-refractivity contribution in [3.05, 3.63) is 53.9 Å². The average Bonchev–Trinajstić information content (AvgIpc) is 2.75. The Hall–Kier alpha value is -2.23. The van der Waals surface area contributed by atoms with E-state index < -0.39 is 0 Å². The molecular weight excluding hydrogens is 238 g/mol. The summed E-state index contributed by atoms with van der Waals surface area (Å²) in [6.07, 6.45) is 3.63. The van der Waals surface area contributed by atoms with E-state index in [0.717, 1.165) is 12.8 Å². The third-order valence-electron chi connectivity index (χ3n) is 3.03. The number of benzene rings is 1. The quantitative estimate of drug-likeness (QED) is 0.804. The number of carbonyl (C=O) groups is 1. The number of hydrogen-bond donors (Lipinski definition) is 2. The first-order valence-corrected chi connectivity index (χ1v) is 6.41. The fraction of sp³-hybridized carbons (Fsp3) is 0.267. The molecular formula is C15H19N3O. The van der Waals surface area contributed by atoms with Gasteiger partial charge in [-0.3, -0.25) is 4.79 Å². The van der Waals surface area contributed by atoms with Crippen LogP contribution in [-0.2, 0) is 13.5 Å². The summed E-state index contributed by atoms with van der Waals surface area (Å²) in [5.74, 6) is -0.0766. The van der Waals surface area contributed by atoms with Crippen molar-refractivity contribution in [1.82, 2.24) is 9.88 Å². The predicted molar refractivity (Wildman–Crippen MR) is 76.9 cm³/mol. The van der Waals surface area contributed by atoms with Crippen LogP contribution in [0.1, 0.15) is 22.5 Å². The summed E-state index contributed by atoms with van der Waals surface area (Å²) in [5, 5.41) is 2.91. The normalized spacial score (nSPS) is 10.4. The first-order valence-electron chi connectivity index (χ1n) is 6.41. The molecule has 4 heteroatoms. The molecule has 0 radical (unpaired) electrons. The molecule has 0 bridgehead atoms. The second-order valence-corrected chi connectivity index (χ2v) is 4.61. The van der Waals surface area contributed by atoms with Crippen LogP contribution in [0.15, 0.2) is 42.6 Å². The Morgan fingerprint density at radius 3 is 2.68 bits per heavy atom. The minimum Gasteiger partial charge on any atom is -0.397 e. The average molecular weight is 257 g/mol. The van der Waals surface area contributed by atoms with Crippen LogP contribution in [0, 0.1) is 0 Å². The van der Waals surface area contributed by atoms with Gasteiger partial charge in [0.15, 0.2) is 0 Å². The van der Waals surface area contributed by atoms with Crippen LogP contribution in [0.25, 0.3) is 0 Å². The van der Waals surface area contributed by atoms with Crippen LogP contribution >= 0.6 is 0 Å². The smallest absolute Gasteiger partial charge is 0.267 e. The zero-order valence-corrected chi connectivity index (χ0v) is 11.1. The van der Waals surface area contributed by atoms with E-state index in [9.17, 15) is 4.79 Å². The number of hydrogen-bond acceptors (Lipinski definition) is 2. The second-order valence-electron chi connectivity index (χ2n) is 4.61. The van der Waals surface area contributed by atoms with Crippen molar-refractivity contribution in [2.24, 2.45) is 7.05 Å². The molecule has 1 aromatic heterocycles. The number of nitrogens with zero attached hydrogens (tertiary/aromatic N) is 1. The van der Waals surface area contributed by atoms with Gasteiger partial charge >= 0.3 is 0 Å². The highest BCUT2D eigenvalue weighted by Gasteiger charge is 2.09. The van der Waals surface area contributed by atoms with Crippen LogP contribution in [0.2, 0.25) is 0 Å². The van der Waals surface area contributed by atoms with E-state index in [4.69, 9.17) is 5.73 Å². The largest absolute Gasteiger partial charge is 0.397 e. The number of anilines is 1. The molecule has 0 aliphatic carbocycles. The van der Waals surface area contributed by atoms with E-state index in [-0.39, 0.29) is 5.91 Å². The Bertz CT molecular complexity index is 546. The van der Waals surface area contributed by atoms with Gasteiger partial charge in [-0.2, -0.15) is 0 Å². The summed E-state index contributed by atoms with van der Waals surface area (Å²) >= 11 is 0. The lowest BCUT2D eigenvalue weighted by Crippen LogP contribution is -2.26. The first kappa shape index (κ1) is 13.2. The minimum atomic E-state index is -0.0766. The molecule has 1 aromatic carbocycles. The van der Waals surface area contributed by atoms with Crippen molar-refractivity contribution < 1.29 is 4.79 Å². The Labute approximate surface area is 113 Å². The molecule has 0 saturated heterocycles. The molecule has 2 rings (SSSR count). The molecule has 4 nitrogen and oxygen atoms in total. The van der Waals surface area contributed by atoms with Crippen LogP contribution in [0.4, 0.5) is 5.69 Å². The highest BCUT2D eigenvalue weighted by Crippen LogP contribution is 2.08. The fourth-order valence-corrected chi connectivity index (χ4v) is 2.05. The highest BCUT2D eigenvalue weighted by atomic mass is 16.1. The molecule has 100 valence electrons. The summed E-state index contributed by atoms with van der Waals surface area (Å²) in [6, 6.07) is 11.9. The van der Waals surface area contributed by atoms with Crippen molar-refractivity contribution in [2.75, 3.05) is 12.3 Å². The maximum absolute atomic E-state index is 11.9. The van der Waals surface area contributed by atoms with Crippen LogP contribution in [0.3, 0.4) is 0 Å². The van der Waals surface area contributed by atoms with Crippen LogP contribution in [0.5, 0.6) is 0 Å². The summed E-state index contributed by atoms with van der Waals surface area (Å²) in [6.45, 7) is 0.665. The molecule has 0 atom stereocenters. The van der Waals surface area contributed by atoms with Gasteiger partial charge in [0.1, 0.15) is 5.69 Å². The van der Waals surface area contributed by atoms with Crippen LogP contribution < -0.4 is 11.1 Å². The lowest BCUT2D eigenvalue weighted by molar-refractivity contribution is 0.0945. The van der Waals surface area contributed by atoms with E-state index in [1.165, 1.54) is 5.56 Å². The van der Waals surface area contributed by atoms with E-state index in [1.54, 1.807) is 16.8 Å². The third kappa shape index (κ3) is 3.61. The van der Waals surface area contributed by atoms with E-state index in [0.29, 0.717) is 17.9 Å². The predicted octanol–water partition coefficient (Wildman–Crippen LogP) is 1.97. The monoisotopic (exact) mass is 257 g/mol. The van der Waals surface area contributed by atoms with E-state index in [1.807, 2.05) is 25.2 Å². The lowest BCUT2D eigenvalue weighted by Gasteiger charge is -2.06. The molecule has 19 heavy (non-hydrogen) atoms. The number of rotatable bonds is 5. The highest BCUT2D eigenvalue weighted by molar-refractivity contribution is 5.93. The van der Waals surface area contributed by atoms with Crippen molar-refractivity contribution in [2.45, 2.75) is 12.8 Å². The van der Waals surface area contributed by atoms with Gasteiger partial charge in [-0.25, -0.2) is 0 Å². The Morgan fingerprint density at radius 2 is 2.05 bits per heavy atom. The van der Waals surface area contributed by atoms with Crippen molar-refractivity contribution in [3.8, 4) is 0 Å². The Kier molecular flexibility index (Phi) is 4.23. The van der Waals surface area contributed by atoms with Crippen molar-refractivity contribution in [3.63, 3.8) is 0 Å². The molecule has 0 fully saturated rings. The maximum atomic E-state index is 11.9. The summed E-state index contributed by atoms with van der Waals surface area (Å²) < 4.78 is 1.74. The van der Waals surface area contributed by atoms with Gasteiger partial charge in [0.25, 0.3) is 5.91 Å². The molecule has 0 aliphatic rings. The molecule has 3 N–H and O–H groups in total. The van der Waals surface area contributed by atoms with Gasteiger partial charge in [-0.1, -0.05) is 30.3 Å². The SMILES string of the molecule is Cn1cc(N)cc1C(=O)NCCCc1ccccc1. The maximum Gasteiger partial charge on any atom is 0.267 e. The van der Waals surface area contributed by atoms with Gasteiger partial charge < -0.3 is 15.6 Å². The molecule has 2 aromatic rings. The summed E-state index contributed by atoms with van der Waals surface area (Å²) in [5.41, 5.74) is 8.14. The topological polar surface area (TPSA) is 60.0 Å². The zero-order valence-electron chi connectivity index (χ0n) is 11.1. The second kappa shape index (κ2) is 6.09. The number of carbonyl (C=O) groups excluding carboxylic acids is 1. The zero-order chi connectivity index (χ0) is 13.7. The summed E-state index contributed by atoms with van der Waals surface area (Å²) in [4.78, 5) is 11.9. The fourth-order valence-electron chi connectivity index (χ4n) is 2.05. The van der Waals surface area contributed by atoms with Gasteiger partial charge in [0.05, 0.1) is 5.69 Å². The standard InChI is InChI=1S/C15H19N3O/c1-18-11-13(16)10-14(18)15(19)17-9-5-8-12-6-3-2-4-7-12/h2-4,6-7,10-11H,5,8-9,16H2,1H3,(H,17,19). The number of aromatic nitrogens is 1. The molecule has 1 heterocycles. The number of aryl methyl sites for hydroxylation is 2. The van der Waals surface area contributed by atoms with Gasteiger partial charge in [-0.05, 0) is 24.5 Å². The molecule has 0 spiro atoms. The molecule has 1 amide bonds. The molecule has 0 unspecified atom stereocenters. The molecule has 0 saturated carbocycles. The Balaban J connectivity index is 1.77. The van der Waals surface area contributed by atoms with Crippen molar-refractivity contribution in [1.29, 1.82) is 0 Å². The minimum absolute atomic E-state index is 0.0766.